The Hall–Kier alpha value is -4.83. The molecule has 0 spiro atoms. The number of rotatable bonds is 6. The van der Waals surface area contributed by atoms with Crippen LogP contribution >= 0.6 is 0 Å². The van der Waals surface area contributed by atoms with Gasteiger partial charge in [0.1, 0.15) is 29.2 Å². The molecular weight excluding hydrogens is 492 g/mol. The van der Waals surface area contributed by atoms with E-state index < -0.39 is 0 Å². The molecule has 5 rings (SSSR count). The second-order valence-corrected chi connectivity index (χ2v) is 9.89. The fraction of sp³-hybridized carbons (Fsp3) is 0.345. The van der Waals surface area contributed by atoms with Crippen molar-refractivity contribution < 1.29 is 4.92 Å². The molecule has 0 atom stereocenters. The molecule has 0 radical (unpaired) electrons. The topological polar surface area (TPSA) is 141 Å². The van der Waals surface area contributed by atoms with Gasteiger partial charge in [0.15, 0.2) is 0 Å². The molecule has 10 nitrogen and oxygen atoms in total. The number of benzene rings is 2. The van der Waals surface area contributed by atoms with Gasteiger partial charge in [-0.3, -0.25) is 10.1 Å². The zero-order chi connectivity index (χ0) is 27.4. The number of hydrogen-bond acceptors (Lipinski definition) is 8. The van der Waals surface area contributed by atoms with Gasteiger partial charge in [-0.05, 0) is 56.7 Å². The molecule has 2 aliphatic heterocycles. The molecule has 1 aromatic heterocycles. The van der Waals surface area contributed by atoms with Crippen LogP contribution in [0.3, 0.4) is 0 Å². The standard InChI is InChI=1S/C29H30N8O2/c30-19-22(27-25(20-31)29(32)36(33-27)23-10-4-1-5-11-23)16-21-17-24(37(38)39)18-26(34-12-6-2-7-13-34)28(21)35-14-8-3-9-15-35/h1,4-5,10-11,16-18H,2-3,6-9,12-15,32H2/b22-16+. The maximum absolute atomic E-state index is 12.0. The average molecular weight is 523 g/mol. The molecular formula is C29H30N8O2. The Morgan fingerprint density at radius 1 is 0.974 bits per heavy atom. The van der Waals surface area contributed by atoms with E-state index in [-0.39, 0.29) is 33.3 Å². The first-order valence-corrected chi connectivity index (χ1v) is 13.3. The number of para-hydroxylation sites is 1. The largest absolute Gasteiger partial charge is 0.382 e. The molecule has 0 aliphatic carbocycles. The summed E-state index contributed by atoms with van der Waals surface area (Å²) in [5, 5.41) is 36.8. The van der Waals surface area contributed by atoms with E-state index >= 15 is 0 Å². The molecule has 3 aromatic rings. The summed E-state index contributed by atoms with van der Waals surface area (Å²) in [6.45, 7) is 3.32. The molecule has 0 unspecified atom stereocenters. The summed E-state index contributed by atoms with van der Waals surface area (Å²) in [5.74, 6) is 0.129. The number of nitriles is 2. The van der Waals surface area contributed by atoms with E-state index in [1.165, 1.54) is 10.7 Å². The highest BCUT2D eigenvalue weighted by atomic mass is 16.6. The number of nitrogens with two attached hydrogens (primary N) is 1. The molecule has 0 bridgehead atoms. The summed E-state index contributed by atoms with van der Waals surface area (Å²) >= 11 is 0. The van der Waals surface area contributed by atoms with Gasteiger partial charge in [0.25, 0.3) is 5.69 Å². The van der Waals surface area contributed by atoms with Gasteiger partial charge in [-0.25, -0.2) is 4.68 Å². The van der Waals surface area contributed by atoms with Gasteiger partial charge >= 0.3 is 0 Å². The number of nitro benzene ring substituents is 1. The first-order chi connectivity index (χ1) is 19.0. The minimum absolute atomic E-state index is 0.0327. The third-order valence-corrected chi connectivity index (χ3v) is 7.39. The third-order valence-electron chi connectivity index (χ3n) is 7.39. The van der Waals surface area contributed by atoms with Gasteiger partial charge in [0.2, 0.25) is 0 Å². The van der Waals surface area contributed by atoms with Crippen molar-refractivity contribution >= 4 is 34.5 Å². The van der Waals surface area contributed by atoms with Crippen molar-refractivity contribution in [2.75, 3.05) is 41.7 Å². The Balaban J connectivity index is 1.71. The van der Waals surface area contributed by atoms with E-state index in [0.29, 0.717) is 11.3 Å². The minimum atomic E-state index is -0.389. The number of aromatic nitrogens is 2. The number of nitrogen functional groups attached to an aromatic ring is 1. The van der Waals surface area contributed by atoms with Crippen LogP contribution in [0.25, 0.3) is 17.3 Å². The van der Waals surface area contributed by atoms with Gasteiger partial charge in [-0.2, -0.15) is 15.6 Å². The Kier molecular flexibility index (Phi) is 7.46. The number of hydrogen-bond donors (Lipinski definition) is 1. The molecule has 2 fully saturated rings. The van der Waals surface area contributed by atoms with Crippen LogP contribution in [0.5, 0.6) is 0 Å². The zero-order valence-electron chi connectivity index (χ0n) is 21.7. The number of nitrogens with zero attached hydrogens (tertiary/aromatic N) is 7. The highest BCUT2D eigenvalue weighted by molar-refractivity contribution is 5.96. The molecule has 2 aliphatic rings. The van der Waals surface area contributed by atoms with E-state index in [1.54, 1.807) is 12.1 Å². The van der Waals surface area contributed by atoms with E-state index in [1.807, 2.05) is 30.3 Å². The second-order valence-electron chi connectivity index (χ2n) is 9.89. The van der Waals surface area contributed by atoms with E-state index in [9.17, 15) is 20.6 Å². The van der Waals surface area contributed by atoms with E-state index in [2.05, 4.69) is 27.0 Å². The molecule has 2 aromatic carbocycles. The lowest BCUT2D eigenvalue weighted by Crippen LogP contribution is -2.35. The second kappa shape index (κ2) is 11.3. The molecule has 3 heterocycles. The summed E-state index contributed by atoms with van der Waals surface area (Å²) in [6, 6.07) is 16.6. The summed E-state index contributed by atoms with van der Waals surface area (Å²) in [7, 11) is 0. The molecule has 198 valence electrons. The number of nitro groups is 1. The number of anilines is 3. The molecule has 10 heteroatoms. The average Bonchev–Trinajstić information content (AvgIpc) is 3.32. The van der Waals surface area contributed by atoms with Crippen LogP contribution in [-0.4, -0.2) is 40.9 Å². The van der Waals surface area contributed by atoms with Crippen LogP contribution in [0.4, 0.5) is 22.9 Å². The molecule has 0 saturated carbocycles. The number of non-ortho nitro benzene ring substituents is 1. The Morgan fingerprint density at radius 3 is 2.21 bits per heavy atom. The van der Waals surface area contributed by atoms with Crippen LogP contribution in [-0.2, 0) is 0 Å². The van der Waals surface area contributed by atoms with Gasteiger partial charge in [-0.15, -0.1) is 0 Å². The van der Waals surface area contributed by atoms with Gasteiger partial charge in [0.05, 0.1) is 27.6 Å². The van der Waals surface area contributed by atoms with Crippen LogP contribution < -0.4 is 15.5 Å². The first-order valence-electron chi connectivity index (χ1n) is 13.3. The van der Waals surface area contributed by atoms with Crippen molar-refractivity contribution in [3.63, 3.8) is 0 Å². The normalized spacial score (nSPS) is 16.0. The van der Waals surface area contributed by atoms with Crippen LogP contribution in [0, 0.1) is 32.8 Å². The van der Waals surface area contributed by atoms with E-state index in [4.69, 9.17) is 5.73 Å². The minimum Gasteiger partial charge on any atom is -0.382 e. The lowest BCUT2D eigenvalue weighted by atomic mass is 9.99. The van der Waals surface area contributed by atoms with Crippen molar-refractivity contribution in [3.8, 4) is 17.8 Å². The zero-order valence-corrected chi connectivity index (χ0v) is 21.7. The molecule has 39 heavy (non-hydrogen) atoms. The number of allylic oxidation sites excluding steroid dienone is 1. The van der Waals surface area contributed by atoms with E-state index in [0.717, 1.165) is 76.1 Å². The first kappa shape index (κ1) is 25.8. The van der Waals surface area contributed by atoms with Crippen LogP contribution in [0.2, 0.25) is 0 Å². The fourth-order valence-corrected chi connectivity index (χ4v) is 5.48. The van der Waals surface area contributed by atoms with Crippen LogP contribution in [0.15, 0.2) is 42.5 Å². The Labute approximate surface area is 227 Å². The maximum Gasteiger partial charge on any atom is 0.272 e. The monoisotopic (exact) mass is 522 g/mol. The number of piperidine rings is 2. The summed E-state index contributed by atoms with van der Waals surface area (Å²) in [4.78, 5) is 16.1. The van der Waals surface area contributed by atoms with Gasteiger partial charge < -0.3 is 15.5 Å². The lowest BCUT2D eigenvalue weighted by Gasteiger charge is -2.37. The summed E-state index contributed by atoms with van der Waals surface area (Å²) in [6.07, 6.45) is 8.01. The quantitative estimate of drug-likeness (QED) is 0.262. The maximum atomic E-state index is 12.0. The highest BCUT2D eigenvalue weighted by Gasteiger charge is 2.27. The predicted molar refractivity (Wildman–Crippen MR) is 151 cm³/mol. The predicted octanol–water partition coefficient (Wildman–Crippen LogP) is 5.28. The van der Waals surface area contributed by atoms with Gasteiger partial charge in [-0.1, -0.05) is 18.2 Å². The Morgan fingerprint density at radius 2 is 1.62 bits per heavy atom. The third kappa shape index (κ3) is 5.14. The summed E-state index contributed by atoms with van der Waals surface area (Å²) < 4.78 is 1.44. The fourth-order valence-electron chi connectivity index (χ4n) is 5.48. The van der Waals surface area contributed by atoms with Crippen molar-refractivity contribution in [1.29, 1.82) is 10.5 Å². The van der Waals surface area contributed by atoms with Crippen molar-refractivity contribution in [2.45, 2.75) is 38.5 Å². The van der Waals surface area contributed by atoms with Crippen molar-refractivity contribution in [3.05, 3.63) is 69.4 Å². The van der Waals surface area contributed by atoms with Crippen molar-refractivity contribution in [2.24, 2.45) is 0 Å². The Bertz CT molecular complexity index is 1480. The lowest BCUT2D eigenvalue weighted by molar-refractivity contribution is -0.384. The molecule has 2 saturated heterocycles. The van der Waals surface area contributed by atoms with Crippen LogP contribution in [0.1, 0.15) is 55.3 Å². The summed E-state index contributed by atoms with van der Waals surface area (Å²) in [5.41, 5.74) is 9.58. The highest BCUT2D eigenvalue weighted by Crippen LogP contribution is 2.41. The van der Waals surface area contributed by atoms with Crippen molar-refractivity contribution in [1.82, 2.24) is 9.78 Å². The van der Waals surface area contributed by atoms with Gasteiger partial charge in [0, 0.05) is 43.9 Å². The molecule has 2 N–H and O–H groups in total. The smallest absolute Gasteiger partial charge is 0.272 e. The molecule has 0 amide bonds. The SMILES string of the molecule is N#C/C(=C\c1cc([N+](=O)[O-])cc(N2CCCCC2)c1N1CCCCC1)c1nn(-c2ccccc2)c(N)c1C#N.